The van der Waals surface area contributed by atoms with Crippen LogP contribution in [0.15, 0.2) is 210 Å². The third-order valence-corrected chi connectivity index (χ3v) is 20.0. The number of terminal acetylenes is 1. The van der Waals surface area contributed by atoms with E-state index in [1.165, 1.54) is 85.3 Å². The van der Waals surface area contributed by atoms with E-state index >= 15 is 0 Å². The van der Waals surface area contributed by atoms with Crippen molar-refractivity contribution in [2.24, 2.45) is 0 Å². The molecule has 0 amide bonds. The molecule has 21 heteroatoms. The molecule has 14 rings (SSSR count). The second-order valence-corrected chi connectivity index (χ2v) is 36.6. The summed E-state index contributed by atoms with van der Waals surface area (Å²) in [5, 5.41) is 21.5. The van der Waals surface area contributed by atoms with Gasteiger partial charge in [-0.15, -0.1) is 102 Å². The molecule has 509 valence electrons. The summed E-state index contributed by atoms with van der Waals surface area (Å²) in [5.74, 6) is 3.74. The molecule has 0 saturated heterocycles. The molecule has 9 radical (unpaired) electrons. The smallest absolute Gasteiger partial charge is 0.144 e. The Labute approximate surface area is 621 Å². The molecule has 0 unspecified atom stereocenters. The van der Waals surface area contributed by atoms with Gasteiger partial charge >= 0.3 is 0 Å². The van der Waals surface area contributed by atoms with Gasteiger partial charge in [-0.25, -0.2) is 8.42 Å². The van der Waals surface area contributed by atoms with Crippen LogP contribution in [0.3, 0.4) is 0 Å². The first-order valence-corrected chi connectivity index (χ1v) is 41.2. The SMILES string of the molecule is C#CC.CO.CO.CS(=O)(=O)[O-].C[Si](C)(C)c1ccc2c(c1)oc1c(-c3ccccn3)[c-]ccc12.C[Si](C)(C)c1ccc2c(c1)oc1c(-c3ccccn3)cccc12.[B][B]B([B])[B].[Ir].[Ir].[c-]1ccccc1-c1ccc(C2CCCC2)cn1.[c-]1ccccc1-c1ccc(C2CCCC2)cn1. The molecule has 0 bridgehead atoms. The maximum Gasteiger partial charge on any atom is 0.144 e. The van der Waals surface area contributed by atoms with Crippen molar-refractivity contribution in [1.29, 1.82) is 0 Å². The van der Waals surface area contributed by atoms with E-state index in [9.17, 15) is 0 Å². The van der Waals surface area contributed by atoms with Crippen molar-refractivity contribution < 1.29 is 72.2 Å². The summed E-state index contributed by atoms with van der Waals surface area (Å²) in [6.07, 6.45) is 23.3. The molecule has 6 heterocycles. The minimum atomic E-state index is -3.92. The molecular formula is C78H84B5Ir2N4O7SSi2-4. The number of benzene rings is 6. The van der Waals surface area contributed by atoms with Crippen molar-refractivity contribution in [3.63, 3.8) is 0 Å². The summed E-state index contributed by atoms with van der Waals surface area (Å²) in [6.45, 7) is 15.8. The Balaban J connectivity index is 0.000000260. The quantitative estimate of drug-likeness (QED) is 0.0609. The molecule has 2 saturated carbocycles. The van der Waals surface area contributed by atoms with Crippen LogP contribution in [-0.4, -0.2) is 116 Å². The number of aromatic nitrogens is 4. The van der Waals surface area contributed by atoms with Gasteiger partial charge in [0.25, 0.3) is 0 Å². The number of para-hydroxylation sites is 1. The fraction of sp³-hybridized carbons (Fsp3) is 0.256. The van der Waals surface area contributed by atoms with Gasteiger partial charge in [-0.1, -0.05) is 165 Å². The number of aliphatic hydroxyl groups is 2. The molecule has 0 aliphatic heterocycles. The van der Waals surface area contributed by atoms with Crippen LogP contribution >= 0.6 is 0 Å². The Kier molecular flexibility index (Phi) is 36.0. The van der Waals surface area contributed by atoms with Crippen molar-refractivity contribution in [3.05, 3.63) is 230 Å². The molecule has 12 aromatic rings. The van der Waals surface area contributed by atoms with Gasteiger partial charge in [0.15, 0.2) is 0 Å². The minimum Gasteiger partial charge on any atom is -0.748 e. The first-order valence-electron chi connectivity index (χ1n) is 32.4. The number of hydrogen-bond acceptors (Lipinski definition) is 11. The van der Waals surface area contributed by atoms with Crippen molar-refractivity contribution in [2.75, 3.05) is 20.5 Å². The normalized spacial score (nSPS) is 12.3. The van der Waals surface area contributed by atoms with Gasteiger partial charge < -0.3 is 38.6 Å². The molecular weight excluding hydrogens is 1630 g/mol. The fourth-order valence-electron chi connectivity index (χ4n) is 11.1. The predicted octanol–water partition coefficient (Wildman–Crippen LogP) is 15.7. The van der Waals surface area contributed by atoms with Crippen molar-refractivity contribution in [1.82, 2.24) is 19.9 Å². The Morgan fingerprint density at radius 1 is 0.545 bits per heavy atom. The molecule has 11 nitrogen and oxygen atoms in total. The second-order valence-electron chi connectivity index (χ2n) is 25.1. The van der Waals surface area contributed by atoms with Gasteiger partial charge in [0.2, 0.25) is 0 Å². The molecule has 2 fully saturated rings. The minimum absolute atomic E-state index is 0. The largest absolute Gasteiger partial charge is 0.748 e. The first-order chi connectivity index (χ1) is 46.6. The van der Waals surface area contributed by atoms with Gasteiger partial charge in [0, 0.05) is 144 Å². The summed E-state index contributed by atoms with van der Waals surface area (Å²) in [4.78, 5) is 18.0. The van der Waals surface area contributed by atoms with Gasteiger partial charge in [0.1, 0.15) is 16.7 Å². The van der Waals surface area contributed by atoms with E-state index in [1.807, 2.05) is 97.5 Å². The van der Waals surface area contributed by atoms with E-state index in [0.717, 1.165) is 110 Å². The average molecular weight is 1720 g/mol. The number of rotatable bonds is 9. The molecule has 0 spiro atoms. The van der Waals surface area contributed by atoms with Crippen LogP contribution in [0.25, 0.3) is 88.9 Å². The summed E-state index contributed by atoms with van der Waals surface area (Å²) in [5.41, 5.74) is 14.5. The zero-order chi connectivity index (χ0) is 70.5. The number of fused-ring (bicyclic) bond motifs is 6. The van der Waals surface area contributed by atoms with Gasteiger partial charge in [0.05, 0.1) is 37.5 Å². The average Bonchev–Trinajstić information content (AvgIpc) is 1.62. The number of hydrogen-bond donors (Lipinski definition) is 2. The number of furan rings is 2. The van der Waals surface area contributed by atoms with Crippen molar-refractivity contribution in [3.8, 4) is 57.4 Å². The van der Waals surface area contributed by atoms with Gasteiger partial charge in [-0.05, 0) is 109 Å². The molecule has 99 heavy (non-hydrogen) atoms. The Hall–Kier alpha value is -7.03. The van der Waals surface area contributed by atoms with Crippen LogP contribution in [0.1, 0.15) is 81.3 Å². The van der Waals surface area contributed by atoms with Crippen LogP contribution in [-0.2, 0) is 50.3 Å². The monoisotopic (exact) mass is 1720 g/mol. The van der Waals surface area contributed by atoms with Crippen LogP contribution in [0.4, 0.5) is 0 Å². The predicted molar refractivity (Wildman–Crippen MR) is 413 cm³/mol. The topological polar surface area (TPSA) is 175 Å². The Morgan fingerprint density at radius 2 is 0.960 bits per heavy atom. The van der Waals surface area contributed by atoms with Crippen molar-refractivity contribution in [2.45, 2.75) is 109 Å². The molecule has 2 N–H and O–H groups in total. The Morgan fingerprint density at radius 3 is 1.33 bits per heavy atom. The van der Waals surface area contributed by atoms with Crippen LogP contribution < -0.4 is 10.4 Å². The third-order valence-electron chi connectivity index (χ3n) is 15.9. The third kappa shape index (κ3) is 25.8. The van der Waals surface area contributed by atoms with Crippen LogP contribution in [0.5, 0.6) is 0 Å². The number of aliphatic hydroxyl groups excluding tert-OH is 2. The van der Waals surface area contributed by atoms with E-state index in [4.69, 9.17) is 55.2 Å². The molecule has 6 aromatic carbocycles. The van der Waals surface area contributed by atoms with Crippen molar-refractivity contribution >= 4 is 117 Å². The zero-order valence-electron chi connectivity index (χ0n) is 58.1. The first kappa shape index (κ1) is 84.4. The zero-order valence-corrected chi connectivity index (χ0v) is 65.7. The van der Waals surface area contributed by atoms with E-state index < -0.39 is 32.7 Å². The molecule has 6 aromatic heterocycles. The molecule has 0 atom stereocenters. The van der Waals surface area contributed by atoms with E-state index in [2.05, 4.69) is 187 Å². The summed E-state index contributed by atoms with van der Waals surface area (Å²) in [6, 6.07) is 69.9. The summed E-state index contributed by atoms with van der Waals surface area (Å²) < 4.78 is 39.7. The van der Waals surface area contributed by atoms with E-state index in [0.29, 0.717) is 6.26 Å². The van der Waals surface area contributed by atoms with E-state index in [1.54, 1.807) is 13.1 Å². The fourth-order valence-corrected chi connectivity index (χ4v) is 13.4. The second kappa shape index (κ2) is 42.3. The maximum atomic E-state index is 9.08. The standard InChI is InChI=1S/C20H19NOSi.C20H18NOSi.2C16H16N.C3H4.CH4O3S.2CH4O.B5.2Ir/c2*1-23(2,3)14-10-11-15-16-7-6-8-17(18-9-4-5-12-21-18)20(16)22-19(15)13-14;2*1-2-8-14(9-3-1)16-11-10-15(12-17-16)13-6-4-5-7-13;1-3-2;1-5(2,3)4;2*1-2;1-4-5(2)3;;/h4-13H,1-3H3;4-7,9-13H,1-3H3;2*1-3,8,10-13H,4-7H2;1H,2H3;1H3,(H,2,3,4);2*2H,1H3;;;/q;3*-1;;;;;;;/p-1. The summed E-state index contributed by atoms with van der Waals surface area (Å²) >= 11 is 0. The molecule has 2 aliphatic rings. The van der Waals surface area contributed by atoms with Crippen LogP contribution in [0, 0.1) is 30.5 Å². The van der Waals surface area contributed by atoms with E-state index in [-0.39, 0.29) is 40.2 Å². The number of nitrogens with zero attached hydrogens (tertiary/aromatic N) is 4. The Bertz CT molecular complexity index is 4190. The van der Waals surface area contributed by atoms with Crippen LogP contribution in [0.2, 0.25) is 39.3 Å². The molecule has 2 aliphatic carbocycles. The van der Waals surface area contributed by atoms with Gasteiger partial charge in [-0.2, -0.15) is 0 Å². The summed E-state index contributed by atoms with van der Waals surface area (Å²) in [7, 11) is 11.2. The maximum absolute atomic E-state index is 9.08. The number of pyridine rings is 4. The van der Waals surface area contributed by atoms with Gasteiger partial charge in [-0.3, -0.25) is 4.98 Å².